The second-order valence-electron chi connectivity index (χ2n) is 7.57. The average molecular weight is 473 g/mol. The van der Waals surface area contributed by atoms with Crippen LogP contribution in [-0.2, 0) is 24.3 Å². The molecule has 0 unspecified atom stereocenters. The number of sulfonamides is 1. The normalized spacial score (nSPS) is 13.3. The van der Waals surface area contributed by atoms with Crippen LogP contribution >= 0.6 is 0 Å². The zero-order valence-corrected chi connectivity index (χ0v) is 19.1. The number of benzene rings is 3. The first-order valence-corrected chi connectivity index (χ1v) is 11.9. The van der Waals surface area contributed by atoms with Gasteiger partial charge in [-0.3, -0.25) is 9.59 Å². The lowest BCUT2D eigenvalue weighted by Crippen LogP contribution is -2.37. The Morgan fingerprint density at radius 2 is 1.64 bits per heavy atom. The number of ether oxygens (including phenoxy) is 1. The highest BCUT2D eigenvalue weighted by Crippen LogP contribution is 2.19. The summed E-state index contributed by atoms with van der Waals surface area (Å²) in [4.78, 5) is 24.4. The number of fused-ring (bicyclic) bond motifs is 1. The molecule has 0 radical (unpaired) electrons. The van der Waals surface area contributed by atoms with Gasteiger partial charge in [-0.15, -0.1) is 0 Å². The van der Waals surface area contributed by atoms with Gasteiger partial charge >= 0.3 is 5.97 Å². The Morgan fingerprint density at radius 3 is 2.33 bits per heavy atom. The molecule has 3 aromatic rings. The summed E-state index contributed by atoms with van der Waals surface area (Å²) in [5.74, 6) is -1.61. The van der Waals surface area contributed by atoms with Crippen LogP contribution in [0.5, 0.6) is 0 Å². The summed E-state index contributed by atoms with van der Waals surface area (Å²) < 4.78 is 45.5. The molecule has 1 amide bonds. The molecule has 3 aromatic carbocycles. The van der Waals surface area contributed by atoms with Gasteiger partial charge in [-0.2, -0.15) is 0 Å². The number of nitrogens with one attached hydrogen (secondary N) is 2. The monoisotopic (exact) mass is 472 g/mol. The van der Waals surface area contributed by atoms with Crippen LogP contribution in [0.1, 0.15) is 31.9 Å². The van der Waals surface area contributed by atoms with Gasteiger partial charge < -0.3 is 10.1 Å². The first kappa shape index (κ1) is 24.3. The largest absolute Gasteiger partial charge is 0.453 e. The highest BCUT2D eigenvalue weighted by Gasteiger charge is 2.21. The molecule has 2 atom stereocenters. The van der Waals surface area contributed by atoms with Gasteiger partial charge in [0, 0.05) is 6.54 Å². The van der Waals surface area contributed by atoms with E-state index in [1.54, 1.807) is 31.2 Å². The smallest absolute Gasteiger partial charge is 0.307 e. The molecule has 33 heavy (non-hydrogen) atoms. The van der Waals surface area contributed by atoms with E-state index in [4.69, 9.17) is 4.74 Å². The fraction of sp³-hybridized carbons (Fsp3) is 0.250. The van der Waals surface area contributed by atoms with E-state index in [1.165, 1.54) is 25.1 Å². The van der Waals surface area contributed by atoms with E-state index in [-0.39, 0.29) is 23.7 Å². The molecule has 0 spiro atoms. The predicted octanol–water partition coefficient (Wildman–Crippen LogP) is 3.46. The first-order valence-electron chi connectivity index (χ1n) is 10.4. The summed E-state index contributed by atoms with van der Waals surface area (Å²) in [6, 6.07) is 17.4. The van der Waals surface area contributed by atoms with Crippen molar-refractivity contribution >= 4 is 32.7 Å². The van der Waals surface area contributed by atoms with Crippen LogP contribution in [0.3, 0.4) is 0 Å². The first-order chi connectivity index (χ1) is 15.7. The van der Waals surface area contributed by atoms with Gasteiger partial charge in [0.25, 0.3) is 5.91 Å². The molecule has 0 fully saturated rings. The third kappa shape index (κ3) is 6.59. The highest BCUT2D eigenvalue weighted by molar-refractivity contribution is 7.89. The Bertz CT molecular complexity index is 1250. The van der Waals surface area contributed by atoms with Crippen LogP contribution in [0.15, 0.2) is 71.6 Å². The van der Waals surface area contributed by atoms with Crippen molar-refractivity contribution in [1.82, 2.24) is 10.0 Å². The fourth-order valence-electron chi connectivity index (χ4n) is 3.18. The maximum atomic E-state index is 13.0. The molecule has 174 valence electrons. The second-order valence-corrected chi connectivity index (χ2v) is 9.34. The minimum atomic E-state index is -3.81. The van der Waals surface area contributed by atoms with Crippen LogP contribution in [0.25, 0.3) is 10.8 Å². The maximum absolute atomic E-state index is 13.0. The standard InChI is InChI=1S/C24H25FN2O5S/c1-16(18-7-10-21(25)11-8-18)27-24(29)17(2)32-23(28)13-14-26-33(30,31)22-12-9-19-5-3-4-6-20(19)15-22/h3-12,15-17,26H,13-14H2,1-2H3,(H,27,29)/t16-,17+/m1/s1. The number of carbonyl (C=O) groups excluding carboxylic acids is 2. The quantitative estimate of drug-likeness (QED) is 0.465. The summed E-state index contributed by atoms with van der Waals surface area (Å²) in [6.45, 7) is 2.97. The fourth-order valence-corrected chi connectivity index (χ4v) is 4.25. The molecule has 0 saturated heterocycles. The van der Waals surface area contributed by atoms with Crippen molar-refractivity contribution in [1.29, 1.82) is 0 Å². The number of carbonyl (C=O) groups is 2. The van der Waals surface area contributed by atoms with Gasteiger partial charge in [-0.1, -0.05) is 42.5 Å². The molecule has 0 aliphatic carbocycles. The van der Waals surface area contributed by atoms with E-state index in [1.807, 2.05) is 24.3 Å². The lowest BCUT2D eigenvalue weighted by atomic mass is 10.1. The Labute approximate surface area is 192 Å². The summed E-state index contributed by atoms with van der Waals surface area (Å²) in [7, 11) is -3.81. The van der Waals surface area contributed by atoms with Gasteiger partial charge in [0.2, 0.25) is 10.0 Å². The molecular formula is C24H25FN2O5S. The number of hydrogen-bond acceptors (Lipinski definition) is 5. The second kappa shape index (κ2) is 10.5. The summed E-state index contributed by atoms with van der Waals surface area (Å²) >= 11 is 0. The number of hydrogen-bond donors (Lipinski definition) is 2. The lowest BCUT2D eigenvalue weighted by molar-refractivity contribution is -0.154. The van der Waals surface area contributed by atoms with Crippen molar-refractivity contribution in [2.75, 3.05) is 6.54 Å². The average Bonchev–Trinajstić information content (AvgIpc) is 2.78. The topological polar surface area (TPSA) is 102 Å². The molecular weight excluding hydrogens is 447 g/mol. The molecule has 0 aliphatic heterocycles. The van der Waals surface area contributed by atoms with Crippen molar-refractivity contribution in [3.8, 4) is 0 Å². The molecule has 0 heterocycles. The molecule has 9 heteroatoms. The molecule has 0 bridgehead atoms. The maximum Gasteiger partial charge on any atom is 0.307 e. The molecule has 3 rings (SSSR count). The van der Waals surface area contributed by atoms with Gasteiger partial charge in [0.05, 0.1) is 17.4 Å². The van der Waals surface area contributed by atoms with Crippen LogP contribution < -0.4 is 10.0 Å². The van der Waals surface area contributed by atoms with Crippen LogP contribution in [0, 0.1) is 5.82 Å². The van der Waals surface area contributed by atoms with Gasteiger partial charge in [-0.05, 0) is 54.4 Å². The number of rotatable bonds is 9. The number of halogens is 1. The zero-order valence-electron chi connectivity index (χ0n) is 18.2. The molecule has 2 N–H and O–H groups in total. The van der Waals surface area contributed by atoms with Crippen molar-refractivity contribution in [3.63, 3.8) is 0 Å². The summed E-state index contributed by atoms with van der Waals surface area (Å²) in [5, 5.41) is 4.39. The minimum Gasteiger partial charge on any atom is -0.453 e. The predicted molar refractivity (Wildman–Crippen MR) is 122 cm³/mol. The highest BCUT2D eigenvalue weighted by atomic mass is 32.2. The van der Waals surface area contributed by atoms with Crippen LogP contribution in [0.4, 0.5) is 4.39 Å². The number of esters is 1. The van der Waals surface area contributed by atoms with E-state index in [2.05, 4.69) is 10.0 Å². The van der Waals surface area contributed by atoms with Crippen molar-refractivity contribution in [2.45, 2.75) is 37.3 Å². The van der Waals surface area contributed by atoms with E-state index in [9.17, 15) is 22.4 Å². The van der Waals surface area contributed by atoms with Crippen molar-refractivity contribution < 1.29 is 27.1 Å². The molecule has 0 aliphatic rings. The summed E-state index contributed by atoms with van der Waals surface area (Å²) in [5.41, 5.74) is 0.700. The molecule has 7 nitrogen and oxygen atoms in total. The lowest BCUT2D eigenvalue weighted by Gasteiger charge is -2.18. The molecule has 0 aromatic heterocycles. The van der Waals surface area contributed by atoms with Crippen molar-refractivity contribution in [3.05, 3.63) is 78.1 Å². The van der Waals surface area contributed by atoms with Crippen LogP contribution in [-0.4, -0.2) is 32.9 Å². The summed E-state index contributed by atoms with van der Waals surface area (Å²) in [6.07, 6.45) is -1.31. The Balaban J connectivity index is 1.47. The third-order valence-electron chi connectivity index (χ3n) is 5.06. The van der Waals surface area contributed by atoms with E-state index in [0.717, 1.165) is 10.8 Å². The van der Waals surface area contributed by atoms with Gasteiger partial charge in [0.1, 0.15) is 5.82 Å². The SMILES string of the molecule is C[C@H](OC(=O)CCNS(=O)(=O)c1ccc2ccccc2c1)C(=O)N[C@H](C)c1ccc(F)cc1. The number of amides is 1. The third-order valence-corrected chi connectivity index (χ3v) is 6.52. The van der Waals surface area contributed by atoms with Crippen LogP contribution in [0.2, 0.25) is 0 Å². The minimum absolute atomic E-state index is 0.0945. The van der Waals surface area contributed by atoms with E-state index >= 15 is 0 Å². The van der Waals surface area contributed by atoms with E-state index in [0.29, 0.717) is 5.56 Å². The van der Waals surface area contributed by atoms with Gasteiger partial charge in [-0.25, -0.2) is 17.5 Å². The zero-order chi connectivity index (χ0) is 24.0. The van der Waals surface area contributed by atoms with E-state index < -0.39 is 34.0 Å². The Hall–Kier alpha value is -3.30. The Morgan fingerprint density at radius 1 is 0.970 bits per heavy atom. The Kier molecular flexibility index (Phi) is 7.78. The molecule has 0 saturated carbocycles. The van der Waals surface area contributed by atoms with Gasteiger partial charge in [0.15, 0.2) is 6.10 Å². The van der Waals surface area contributed by atoms with Crippen molar-refractivity contribution in [2.24, 2.45) is 0 Å².